The van der Waals surface area contributed by atoms with E-state index in [-0.39, 0.29) is 37.1 Å². The lowest BCUT2D eigenvalue weighted by Crippen LogP contribution is -2.51. The van der Waals surface area contributed by atoms with Crippen LogP contribution in [0.25, 0.3) is 0 Å². The van der Waals surface area contributed by atoms with Crippen LogP contribution < -0.4 is 0 Å². The number of cyclic esters (lactones) is 2. The Balaban J connectivity index is 1.56. The average molecular weight is 485 g/mol. The van der Waals surface area contributed by atoms with E-state index in [0.717, 1.165) is 0 Å². The van der Waals surface area contributed by atoms with Gasteiger partial charge in [0.1, 0.15) is 49.3 Å². The zero-order chi connectivity index (χ0) is 20.5. The van der Waals surface area contributed by atoms with Gasteiger partial charge in [0, 0.05) is 0 Å². The summed E-state index contributed by atoms with van der Waals surface area (Å²) in [6.07, 6.45) is -3.99. The topological polar surface area (TPSA) is 187 Å². The molecule has 3 aliphatic rings. The molecule has 6 atom stereocenters. The van der Waals surface area contributed by atoms with Gasteiger partial charge in [0.05, 0.1) is 0 Å². The first kappa shape index (κ1) is 22.3. The Morgan fingerprint density at radius 2 is 1.46 bits per heavy atom. The van der Waals surface area contributed by atoms with Crippen LogP contribution in [-0.4, -0.2) is 92.7 Å². The first-order valence-electron chi connectivity index (χ1n) is 7.74. The van der Waals surface area contributed by atoms with Gasteiger partial charge < -0.3 is 18.6 Å². The molecule has 5 unspecified atom stereocenters. The van der Waals surface area contributed by atoms with E-state index in [1.54, 1.807) is 0 Å². The third kappa shape index (κ3) is 6.07. The zero-order valence-electron chi connectivity index (χ0n) is 14.0. The summed E-state index contributed by atoms with van der Waals surface area (Å²) < 4.78 is 97.0. The maximum atomic E-state index is 12.6. The molecule has 3 fully saturated rings. The molecule has 3 heterocycles. The number of ether oxygens (including phenoxy) is 2. The van der Waals surface area contributed by atoms with Gasteiger partial charge in [-0.05, 0) is 22.4 Å². The van der Waals surface area contributed by atoms with Crippen LogP contribution in [0.5, 0.6) is 0 Å². The minimum atomic E-state index is -4.11. The van der Waals surface area contributed by atoms with Crippen molar-refractivity contribution in [2.24, 2.45) is 0 Å². The molecule has 3 saturated heterocycles. The Hall–Kier alpha value is -0.370. The van der Waals surface area contributed by atoms with E-state index in [9.17, 15) is 30.7 Å². The van der Waals surface area contributed by atoms with Crippen molar-refractivity contribution in [1.29, 1.82) is 0 Å². The Morgan fingerprint density at radius 3 is 2.00 bits per heavy atom. The first-order valence-corrected chi connectivity index (χ1v) is 13.3. The minimum absolute atomic E-state index is 0.203. The van der Waals surface area contributed by atoms with E-state index in [1.807, 2.05) is 0 Å². The molecular weight excluding hydrogens is 468 g/mol. The van der Waals surface area contributed by atoms with Crippen molar-refractivity contribution in [2.45, 2.75) is 23.6 Å². The summed E-state index contributed by atoms with van der Waals surface area (Å²) in [4.78, 5) is 11.4. The van der Waals surface area contributed by atoms with Gasteiger partial charge in [-0.2, -0.15) is 16.8 Å². The molecule has 17 heteroatoms. The van der Waals surface area contributed by atoms with Gasteiger partial charge in [0.2, 0.25) is 6.10 Å². The Kier molecular flexibility index (Phi) is 7.00. The fourth-order valence-corrected chi connectivity index (χ4v) is 7.38. The van der Waals surface area contributed by atoms with Gasteiger partial charge in [-0.3, -0.25) is 0 Å². The van der Waals surface area contributed by atoms with Crippen LogP contribution in [0.3, 0.4) is 0 Å². The SMILES string of the molecule is O=C1OCC([S+]([O-])CC2COS(=O)(=O)O2)[C@H](C[S+]([O-])CC2COS(=O)(=O)O2)O1. The lowest BCUT2D eigenvalue weighted by Gasteiger charge is -2.32. The molecule has 0 aliphatic carbocycles. The van der Waals surface area contributed by atoms with Crippen LogP contribution in [0, 0.1) is 0 Å². The Labute approximate surface area is 166 Å². The monoisotopic (exact) mass is 484 g/mol. The molecule has 3 aliphatic heterocycles. The van der Waals surface area contributed by atoms with Gasteiger partial charge in [-0.25, -0.2) is 21.5 Å². The number of carbonyl (C=O) groups is 1. The highest BCUT2D eigenvalue weighted by molar-refractivity contribution is 7.93. The summed E-state index contributed by atoms with van der Waals surface area (Å²) in [6.45, 7) is -0.874. The summed E-state index contributed by atoms with van der Waals surface area (Å²) in [5, 5.41) is -0.891. The highest BCUT2D eigenvalue weighted by Crippen LogP contribution is 2.24. The number of hydrogen-bond donors (Lipinski definition) is 0. The van der Waals surface area contributed by atoms with E-state index in [0.29, 0.717) is 0 Å². The first-order chi connectivity index (χ1) is 13.0. The summed E-state index contributed by atoms with van der Waals surface area (Å²) in [6, 6.07) is 0. The fraction of sp³-hybridized carbons (Fsp3) is 0.909. The average Bonchev–Trinajstić information content (AvgIpc) is 3.08. The van der Waals surface area contributed by atoms with Gasteiger partial charge >= 0.3 is 27.0 Å². The van der Waals surface area contributed by atoms with Gasteiger partial charge in [0.15, 0.2) is 5.25 Å². The molecular formula is C11H16O13S4. The lowest BCUT2D eigenvalue weighted by molar-refractivity contribution is -0.0117. The predicted molar refractivity (Wildman–Crippen MR) is 90.4 cm³/mol. The fourth-order valence-electron chi connectivity index (χ4n) is 2.56. The standard InChI is InChI=1S/C11H16O13S4/c12-11-19-3-10(26(14)5-8-2-21-28(17,18)24-8)9(22-11)6-25(13)4-7-1-20-27(15,16)23-7/h7-10H,1-6H2/t7?,8?,9-,10?,25?,26?/m0/s1. The second kappa shape index (κ2) is 8.78. The van der Waals surface area contributed by atoms with E-state index in [2.05, 4.69) is 16.7 Å². The Morgan fingerprint density at radius 1 is 0.893 bits per heavy atom. The quantitative estimate of drug-likeness (QED) is 0.278. The van der Waals surface area contributed by atoms with Crippen LogP contribution >= 0.6 is 0 Å². The van der Waals surface area contributed by atoms with E-state index >= 15 is 0 Å². The molecule has 13 nitrogen and oxygen atoms in total. The summed E-state index contributed by atoms with van der Waals surface area (Å²) >= 11 is -3.46. The van der Waals surface area contributed by atoms with Crippen molar-refractivity contribution in [2.75, 3.05) is 37.1 Å². The molecule has 0 aromatic heterocycles. The van der Waals surface area contributed by atoms with Crippen LogP contribution in [0.1, 0.15) is 0 Å². The van der Waals surface area contributed by atoms with Crippen molar-refractivity contribution in [3.63, 3.8) is 0 Å². The van der Waals surface area contributed by atoms with Crippen LogP contribution in [0.15, 0.2) is 0 Å². The molecule has 0 saturated carbocycles. The molecule has 0 N–H and O–H groups in total. The van der Waals surface area contributed by atoms with Crippen molar-refractivity contribution >= 4 is 49.3 Å². The molecule has 0 bridgehead atoms. The molecule has 0 aromatic rings. The van der Waals surface area contributed by atoms with E-state index < -0.39 is 72.9 Å². The van der Waals surface area contributed by atoms with E-state index in [4.69, 9.17) is 9.47 Å². The van der Waals surface area contributed by atoms with Gasteiger partial charge in [-0.1, -0.05) is 0 Å². The third-order valence-corrected chi connectivity index (χ3v) is 8.87. The maximum absolute atomic E-state index is 12.6. The van der Waals surface area contributed by atoms with Crippen molar-refractivity contribution < 1.29 is 56.9 Å². The number of hydrogen-bond acceptors (Lipinski definition) is 13. The largest absolute Gasteiger partial charge is 0.616 e. The normalized spacial score (nSPS) is 36.4. The molecule has 0 spiro atoms. The third-order valence-electron chi connectivity index (χ3n) is 3.74. The highest BCUT2D eigenvalue weighted by Gasteiger charge is 2.46. The second-order valence-electron chi connectivity index (χ2n) is 5.90. The second-order valence-corrected chi connectivity index (χ2v) is 11.6. The summed E-state index contributed by atoms with van der Waals surface area (Å²) in [7, 11) is -8.20. The summed E-state index contributed by atoms with van der Waals surface area (Å²) in [5.41, 5.74) is 0. The maximum Gasteiger partial charge on any atom is 0.509 e. The van der Waals surface area contributed by atoms with Crippen molar-refractivity contribution in [3.8, 4) is 0 Å². The van der Waals surface area contributed by atoms with Crippen molar-refractivity contribution in [1.82, 2.24) is 0 Å². The Bertz CT molecular complexity index is 782. The lowest BCUT2D eigenvalue weighted by atomic mass is 10.3. The predicted octanol–water partition coefficient (Wildman–Crippen LogP) is -2.29. The molecule has 3 rings (SSSR count). The molecule has 0 radical (unpaired) electrons. The smallest absolute Gasteiger partial charge is 0.509 e. The van der Waals surface area contributed by atoms with Crippen LogP contribution in [0.2, 0.25) is 0 Å². The minimum Gasteiger partial charge on any atom is -0.616 e. The van der Waals surface area contributed by atoms with Gasteiger partial charge in [-0.15, -0.1) is 0 Å². The number of rotatable bonds is 7. The highest BCUT2D eigenvalue weighted by atomic mass is 32.3. The van der Waals surface area contributed by atoms with E-state index in [1.165, 1.54) is 0 Å². The van der Waals surface area contributed by atoms with Crippen LogP contribution in [0.4, 0.5) is 4.79 Å². The van der Waals surface area contributed by atoms with Crippen molar-refractivity contribution in [3.05, 3.63) is 0 Å². The zero-order valence-corrected chi connectivity index (χ0v) is 17.3. The van der Waals surface area contributed by atoms with Gasteiger partial charge in [0.25, 0.3) is 0 Å². The molecule has 28 heavy (non-hydrogen) atoms. The van der Waals surface area contributed by atoms with Crippen LogP contribution in [-0.2, 0) is 69.4 Å². The molecule has 0 aromatic carbocycles. The summed E-state index contributed by atoms with van der Waals surface area (Å²) in [5.74, 6) is -0.678. The molecule has 162 valence electrons. The molecule has 0 amide bonds. The number of carbonyl (C=O) groups excluding carboxylic acids is 1.